The molecule has 92 valence electrons. The van der Waals surface area contributed by atoms with E-state index >= 15 is 0 Å². The second-order valence-electron chi connectivity index (χ2n) is 3.73. The minimum atomic E-state index is -0.565. The molecule has 2 rings (SSSR count). The van der Waals surface area contributed by atoms with Gasteiger partial charge in [-0.3, -0.25) is 4.79 Å². The third kappa shape index (κ3) is 2.05. The van der Waals surface area contributed by atoms with E-state index in [2.05, 4.69) is 0 Å². The number of carbonyl (C=O) groups is 1. The maximum Gasteiger partial charge on any atom is 0.198 e. The molecule has 0 aromatic heterocycles. The Kier molecular flexibility index (Phi) is 3.28. The standard InChI is InChI=1S/C14H12FNO2/c1-18-12-8-4-6-10(13(12)16)14(17)9-5-2-3-7-11(9)15/h2-8H,16H2,1H3. The number of anilines is 1. The van der Waals surface area contributed by atoms with E-state index in [1.165, 1.54) is 25.3 Å². The van der Waals surface area contributed by atoms with Gasteiger partial charge in [0.05, 0.1) is 18.4 Å². The van der Waals surface area contributed by atoms with Crippen LogP contribution in [0.1, 0.15) is 15.9 Å². The number of ketones is 1. The summed E-state index contributed by atoms with van der Waals surface area (Å²) >= 11 is 0. The molecule has 0 fully saturated rings. The Morgan fingerprint density at radius 1 is 1.11 bits per heavy atom. The second kappa shape index (κ2) is 4.87. The summed E-state index contributed by atoms with van der Waals surface area (Å²) in [7, 11) is 1.46. The van der Waals surface area contributed by atoms with E-state index < -0.39 is 11.6 Å². The Morgan fingerprint density at radius 3 is 2.44 bits per heavy atom. The predicted octanol–water partition coefficient (Wildman–Crippen LogP) is 2.65. The highest BCUT2D eigenvalue weighted by Crippen LogP contribution is 2.27. The van der Waals surface area contributed by atoms with Crippen LogP contribution in [0.25, 0.3) is 0 Å². The second-order valence-corrected chi connectivity index (χ2v) is 3.73. The summed E-state index contributed by atoms with van der Waals surface area (Å²) in [6.07, 6.45) is 0. The van der Waals surface area contributed by atoms with E-state index in [9.17, 15) is 9.18 Å². The van der Waals surface area contributed by atoms with Crippen molar-refractivity contribution in [3.05, 3.63) is 59.4 Å². The van der Waals surface area contributed by atoms with Gasteiger partial charge in [-0.2, -0.15) is 0 Å². The minimum Gasteiger partial charge on any atom is -0.495 e. The van der Waals surface area contributed by atoms with Crippen molar-refractivity contribution in [2.24, 2.45) is 0 Å². The van der Waals surface area contributed by atoms with Gasteiger partial charge in [0, 0.05) is 5.56 Å². The van der Waals surface area contributed by atoms with Gasteiger partial charge in [-0.05, 0) is 24.3 Å². The lowest BCUT2D eigenvalue weighted by Crippen LogP contribution is -2.08. The van der Waals surface area contributed by atoms with Crippen LogP contribution in [0.2, 0.25) is 0 Å². The van der Waals surface area contributed by atoms with E-state index in [0.29, 0.717) is 5.75 Å². The van der Waals surface area contributed by atoms with Crippen LogP contribution in [0.3, 0.4) is 0 Å². The number of hydrogen-bond donors (Lipinski definition) is 1. The van der Waals surface area contributed by atoms with Gasteiger partial charge in [-0.1, -0.05) is 18.2 Å². The van der Waals surface area contributed by atoms with Crippen LogP contribution in [-0.2, 0) is 0 Å². The van der Waals surface area contributed by atoms with E-state index in [0.717, 1.165) is 0 Å². The third-order valence-electron chi connectivity index (χ3n) is 2.65. The molecule has 0 radical (unpaired) electrons. The average Bonchev–Trinajstić information content (AvgIpc) is 2.39. The quantitative estimate of drug-likeness (QED) is 0.668. The molecule has 2 N–H and O–H groups in total. The number of nitrogens with two attached hydrogens (primary N) is 1. The molecule has 0 saturated heterocycles. The molecule has 0 bridgehead atoms. The Hall–Kier alpha value is -2.36. The smallest absolute Gasteiger partial charge is 0.198 e. The Labute approximate surface area is 104 Å². The van der Waals surface area contributed by atoms with Crippen LogP contribution < -0.4 is 10.5 Å². The maximum absolute atomic E-state index is 13.5. The molecule has 0 aliphatic rings. The van der Waals surface area contributed by atoms with E-state index in [-0.39, 0.29) is 16.8 Å². The molecule has 0 unspecified atom stereocenters. The SMILES string of the molecule is COc1cccc(C(=O)c2ccccc2F)c1N. The molecule has 0 atom stereocenters. The number of para-hydroxylation sites is 1. The molecule has 0 amide bonds. The first kappa shape index (κ1) is 12.1. The zero-order valence-electron chi connectivity index (χ0n) is 9.81. The van der Waals surface area contributed by atoms with Crippen molar-refractivity contribution in [2.45, 2.75) is 0 Å². The van der Waals surface area contributed by atoms with Crippen LogP contribution in [0.4, 0.5) is 10.1 Å². The summed E-state index contributed by atoms with van der Waals surface area (Å²) in [6.45, 7) is 0. The topological polar surface area (TPSA) is 52.3 Å². The molecular formula is C14H12FNO2. The fraction of sp³-hybridized carbons (Fsp3) is 0.0714. The normalized spacial score (nSPS) is 10.1. The lowest BCUT2D eigenvalue weighted by Gasteiger charge is -2.09. The highest BCUT2D eigenvalue weighted by molar-refractivity contribution is 6.12. The number of hydrogen-bond acceptors (Lipinski definition) is 3. The Morgan fingerprint density at radius 2 is 1.78 bits per heavy atom. The van der Waals surface area contributed by atoms with Crippen LogP contribution in [0.5, 0.6) is 5.75 Å². The van der Waals surface area contributed by atoms with E-state index in [1.54, 1.807) is 24.3 Å². The lowest BCUT2D eigenvalue weighted by atomic mass is 10.0. The number of carbonyl (C=O) groups excluding carboxylic acids is 1. The van der Waals surface area contributed by atoms with Crippen molar-refractivity contribution < 1.29 is 13.9 Å². The summed E-state index contributed by atoms with van der Waals surface area (Å²) in [5.74, 6) is -0.619. The van der Waals surface area contributed by atoms with Crippen LogP contribution in [-0.4, -0.2) is 12.9 Å². The monoisotopic (exact) mass is 245 g/mol. The molecule has 0 aliphatic heterocycles. The van der Waals surface area contributed by atoms with Crippen LogP contribution >= 0.6 is 0 Å². The Balaban J connectivity index is 2.50. The van der Waals surface area contributed by atoms with Gasteiger partial charge in [-0.15, -0.1) is 0 Å². The molecule has 0 saturated carbocycles. The van der Waals surface area contributed by atoms with Gasteiger partial charge in [0.25, 0.3) is 0 Å². The molecule has 4 heteroatoms. The highest BCUT2D eigenvalue weighted by Gasteiger charge is 2.17. The summed E-state index contributed by atoms with van der Waals surface area (Å²) in [5.41, 5.74) is 6.26. The zero-order chi connectivity index (χ0) is 13.1. The van der Waals surface area contributed by atoms with Gasteiger partial charge in [0.15, 0.2) is 5.78 Å². The van der Waals surface area contributed by atoms with Gasteiger partial charge >= 0.3 is 0 Å². The van der Waals surface area contributed by atoms with Gasteiger partial charge < -0.3 is 10.5 Å². The molecule has 2 aromatic carbocycles. The molecule has 3 nitrogen and oxygen atoms in total. The van der Waals surface area contributed by atoms with Crippen LogP contribution in [0.15, 0.2) is 42.5 Å². The number of benzene rings is 2. The summed E-state index contributed by atoms with van der Waals surface area (Å²) in [6, 6.07) is 10.6. The average molecular weight is 245 g/mol. The largest absolute Gasteiger partial charge is 0.495 e. The molecule has 18 heavy (non-hydrogen) atoms. The molecule has 0 heterocycles. The number of halogens is 1. The fourth-order valence-corrected chi connectivity index (χ4v) is 1.71. The maximum atomic E-state index is 13.5. The third-order valence-corrected chi connectivity index (χ3v) is 2.65. The summed E-state index contributed by atoms with van der Waals surface area (Å²) in [5, 5.41) is 0. The molecule has 2 aromatic rings. The molecule has 0 spiro atoms. The first-order valence-corrected chi connectivity index (χ1v) is 5.37. The first-order valence-electron chi connectivity index (χ1n) is 5.37. The van der Waals surface area contributed by atoms with Crippen molar-refractivity contribution >= 4 is 11.5 Å². The van der Waals surface area contributed by atoms with Crippen LogP contribution in [0, 0.1) is 5.82 Å². The molecular weight excluding hydrogens is 233 g/mol. The number of rotatable bonds is 3. The fourth-order valence-electron chi connectivity index (χ4n) is 1.71. The van der Waals surface area contributed by atoms with Crippen molar-refractivity contribution in [2.75, 3.05) is 12.8 Å². The van der Waals surface area contributed by atoms with Crippen molar-refractivity contribution in [1.29, 1.82) is 0 Å². The summed E-state index contributed by atoms with van der Waals surface area (Å²) < 4.78 is 18.6. The minimum absolute atomic E-state index is 0.00236. The summed E-state index contributed by atoms with van der Waals surface area (Å²) in [4.78, 5) is 12.2. The first-order chi connectivity index (χ1) is 8.65. The van der Waals surface area contributed by atoms with Crippen molar-refractivity contribution in [1.82, 2.24) is 0 Å². The van der Waals surface area contributed by atoms with Gasteiger partial charge in [0.1, 0.15) is 11.6 Å². The lowest BCUT2D eigenvalue weighted by molar-refractivity contribution is 0.103. The van der Waals surface area contributed by atoms with Crippen molar-refractivity contribution in [3.63, 3.8) is 0 Å². The van der Waals surface area contributed by atoms with Gasteiger partial charge in [-0.25, -0.2) is 4.39 Å². The number of ether oxygens (including phenoxy) is 1. The molecule has 0 aliphatic carbocycles. The van der Waals surface area contributed by atoms with Crippen molar-refractivity contribution in [3.8, 4) is 5.75 Å². The number of nitrogen functional groups attached to an aromatic ring is 1. The zero-order valence-corrected chi connectivity index (χ0v) is 9.81. The highest BCUT2D eigenvalue weighted by atomic mass is 19.1. The predicted molar refractivity (Wildman–Crippen MR) is 67.2 cm³/mol. The van der Waals surface area contributed by atoms with E-state index in [1.807, 2.05) is 0 Å². The van der Waals surface area contributed by atoms with Gasteiger partial charge in [0.2, 0.25) is 0 Å². The van der Waals surface area contributed by atoms with E-state index in [4.69, 9.17) is 10.5 Å². The Bertz CT molecular complexity index is 596. The number of methoxy groups -OCH3 is 1.